The summed E-state index contributed by atoms with van der Waals surface area (Å²) >= 11 is 0. The molecular weight excluding hydrogens is 412 g/mol. The Morgan fingerprint density at radius 3 is 2.58 bits per heavy atom. The summed E-state index contributed by atoms with van der Waals surface area (Å²) in [5, 5.41) is 4.52. The largest absolute Gasteiger partial charge is 0.469 e. The van der Waals surface area contributed by atoms with E-state index in [4.69, 9.17) is 4.42 Å². The van der Waals surface area contributed by atoms with Gasteiger partial charge in [-0.15, -0.1) is 0 Å². The van der Waals surface area contributed by atoms with Crippen LogP contribution in [0.5, 0.6) is 0 Å². The fourth-order valence-electron chi connectivity index (χ4n) is 5.10. The highest BCUT2D eigenvalue weighted by atomic mass is 16.3. The highest BCUT2D eigenvalue weighted by Gasteiger charge is 2.31. The third kappa shape index (κ3) is 6.14. The van der Waals surface area contributed by atoms with E-state index in [1.807, 2.05) is 28.8 Å². The molecule has 0 aliphatic carbocycles. The first-order valence-electron chi connectivity index (χ1n) is 12.0. The average molecular weight is 449 g/mol. The second kappa shape index (κ2) is 10.8. The normalized spacial score (nSPS) is 15.8. The number of amides is 1. The number of likely N-dealkylation sites (N-methyl/N-ethyl adjacent to an activating group) is 1. The molecule has 1 fully saturated rings. The summed E-state index contributed by atoms with van der Waals surface area (Å²) in [6, 6.07) is 15.0. The topological polar surface area (TPSA) is 54.5 Å². The Hall–Kier alpha value is -2.86. The van der Waals surface area contributed by atoms with Gasteiger partial charge in [0.15, 0.2) is 0 Å². The van der Waals surface area contributed by atoms with E-state index < -0.39 is 0 Å². The lowest BCUT2D eigenvalue weighted by atomic mass is 9.84. The molecule has 0 spiro atoms. The van der Waals surface area contributed by atoms with Crippen LogP contribution < -0.4 is 0 Å². The number of carbonyl (C=O) groups is 1. The quantitative estimate of drug-likeness (QED) is 0.491. The van der Waals surface area contributed by atoms with E-state index >= 15 is 0 Å². The molecule has 33 heavy (non-hydrogen) atoms. The van der Waals surface area contributed by atoms with Crippen LogP contribution >= 0.6 is 0 Å². The van der Waals surface area contributed by atoms with Gasteiger partial charge in [-0.1, -0.05) is 30.3 Å². The Morgan fingerprint density at radius 2 is 1.94 bits per heavy atom. The van der Waals surface area contributed by atoms with Gasteiger partial charge < -0.3 is 9.32 Å². The fourth-order valence-corrected chi connectivity index (χ4v) is 5.10. The van der Waals surface area contributed by atoms with Crippen LogP contribution in [0.4, 0.5) is 0 Å². The molecule has 0 radical (unpaired) electrons. The molecule has 0 saturated carbocycles. The van der Waals surface area contributed by atoms with E-state index in [0.29, 0.717) is 24.8 Å². The van der Waals surface area contributed by atoms with Crippen LogP contribution in [0.3, 0.4) is 0 Å². The van der Waals surface area contributed by atoms with E-state index in [1.165, 1.54) is 11.1 Å². The van der Waals surface area contributed by atoms with Crippen molar-refractivity contribution in [1.82, 2.24) is 19.6 Å². The molecule has 176 valence electrons. The smallest absolute Gasteiger partial charge is 0.223 e. The van der Waals surface area contributed by atoms with Crippen LogP contribution in [0.15, 0.2) is 59.3 Å². The Labute approximate surface area is 197 Å². The number of aryl methyl sites for hydroxylation is 3. The standard InChI is InChI=1S/C27H36N4O2/c1-21-24(20-30(3)28-21)19-29(2)26(18-22-8-5-4-6-9-22)23-13-15-31(16-14-23)27(32)12-11-25-10-7-17-33-25/h4-10,17,20,23,26H,11-16,18-19H2,1-3H3/t26-/m0/s1. The number of nitrogens with zero attached hydrogens (tertiary/aromatic N) is 4. The zero-order valence-corrected chi connectivity index (χ0v) is 20.1. The van der Waals surface area contributed by atoms with Gasteiger partial charge in [0.2, 0.25) is 5.91 Å². The van der Waals surface area contributed by atoms with Gasteiger partial charge in [-0.05, 0) is 56.8 Å². The summed E-state index contributed by atoms with van der Waals surface area (Å²) < 4.78 is 7.28. The predicted octanol–water partition coefficient (Wildman–Crippen LogP) is 4.24. The second-order valence-corrected chi connectivity index (χ2v) is 9.38. The highest BCUT2D eigenvalue weighted by Crippen LogP contribution is 2.28. The Morgan fingerprint density at radius 1 is 1.18 bits per heavy atom. The van der Waals surface area contributed by atoms with Crippen LogP contribution in [0.1, 0.15) is 41.8 Å². The summed E-state index contributed by atoms with van der Waals surface area (Å²) in [5.74, 6) is 1.68. The summed E-state index contributed by atoms with van der Waals surface area (Å²) in [6.45, 7) is 4.65. The third-order valence-electron chi connectivity index (χ3n) is 6.99. The van der Waals surface area contributed by atoms with Gasteiger partial charge in [-0.3, -0.25) is 14.4 Å². The molecule has 0 bridgehead atoms. The Bertz CT molecular complexity index is 1000. The molecule has 1 aliphatic rings. The number of aromatic nitrogens is 2. The summed E-state index contributed by atoms with van der Waals surface area (Å²) in [5.41, 5.74) is 3.75. The summed E-state index contributed by atoms with van der Waals surface area (Å²) in [7, 11) is 4.22. The fraction of sp³-hybridized carbons (Fsp3) is 0.481. The van der Waals surface area contributed by atoms with Crippen molar-refractivity contribution >= 4 is 5.91 Å². The van der Waals surface area contributed by atoms with Crippen molar-refractivity contribution in [2.45, 2.75) is 51.6 Å². The summed E-state index contributed by atoms with van der Waals surface area (Å²) in [6.07, 6.45) is 8.10. The van der Waals surface area contributed by atoms with E-state index in [0.717, 1.165) is 50.4 Å². The zero-order chi connectivity index (χ0) is 23.2. The summed E-state index contributed by atoms with van der Waals surface area (Å²) in [4.78, 5) is 17.3. The van der Waals surface area contributed by atoms with Gasteiger partial charge in [-0.25, -0.2) is 0 Å². The molecule has 6 heteroatoms. The SMILES string of the molecule is Cc1nn(C)cc1CN(C)[C@@H](Cc1ccccc1)C1CCN(C(=O)CCc2ccco2)CC1. The number of piperidine rings is 1. The number of likely N-dealkylation sites (tertiary alicyclic amines) is 1. The first kappa shape index (κ1) is 23.3. The Balaban J connectivity index is 1.39. The number of furan rings is 1. The first-order chi connectivity index (χ1) is 16.0. The lowest BCUT2D eigenvalue weighted by molar-refractivity contribution is -0.132. The van der Waals surface area contributed by atoms with Crippen LogP contribution in [-0.2, 0) is 31.2 Å². The van der Waals surface area contributed by atoms with Crippen molar-refractivity contribution in [2.24, 2.45) is 13.0 Å². The zero-order valence-electron chi connectivity index (χ0n) is 20.1. The predicted molar refractivity (Wildman–Crippen MR) is 130 cm³/mol. The monoisotopic (exact) mass is 448 g/mol. The van der Waals surface area contributed by atoms with Gasteiger partial charge in [0, 0.05) is 57.3 Å². The molecule has 1 aliphatic heterocycles. The molecule has 4 rings (SSSR count). The molecule has 6 nitrogen and oxygen atoms in total. The van der Waals surface area contributed by atoms with Crippen molar-refractivity contribution in [3.63, 3.8) is 0 Å². The molecule has 3 aromatic rings. The van der Waals surface area contributed by atoms with Gasteiger partial charge >= 0.3 is 0 Å². The average Bonchev–Trinajstić information content (AvgIpc) is 3.45. The van der Waals surface area contributed by atoms with E-state index in [1.54, 1.807) is 6.26 Å². The molecule has 1 saturated heterocycles. The van der Waals surface area contributed by atoms with Gasteiger partial charge in [0.05, 0.1) is 12.0 Å². The molecule has 0 N–H and O–H groups in total. The van der Waals surface area contributed by atoms with Crippen LogP contribution in [0.25, 0.3) is 0 Å². The molecule has 0 unspecified atom stereocenters. The second-order valence-electron chi connectivity index (χ2n) is 9.38. The minimum absolute atomic E-state index is 0.240. The first-order valence-corrected chi connectivity index (χ1v) is 12.0. The van der Waals surface area contributed by atoms with E-state index in [-0.39, 0.29) is 5.91 Å². The van der Waals surface area contributed by atoms with Crippen molar-refractivity contribution in [1.29, 1.82) is 0 Å². The third-order valence-corrected chi connectivity index (χ3v) is 6.99. The van der Waals surface area contributed by atoms with Crippen LogP contribution in [0.2, 0.25) is 0 Å². The number of carbonyl (C=O) groups excluding carboxylic acids is 1. The highest BCUT2D eigenvalue weighted by molar-refractivity contribution is 5.76. The van der Waals surface area contributed by atoms with Crippen molar-refractivity contribution in [2.75, 3.05) is 20.1 Å². The van der Waals surface area contributed by atoms with Crippen LogP contribution in [-0.4, -0.2) is 51.7 Å². The van der Waals surface area contributed by atoms with E-state index in [2.05, 4.69) is 60.5 Å². The number of hydrogen-bond acceptors (Lipinski definition) is 4. The molecule has 2 aromatic heterocycles. The molecule has 3 heterocycles. The molecular formula is C27H36N4O2. The minimum atomic E-state index is 0.240. The lowest BCUT2D eigenvalue weighted by Gasteiger charge is -2.40. The number of hydrogen-bond donors (Lipinski definition) is 0. The van der Waals surface area contributed by atoms with Crippen LogP contribution in [0, 0.1) is 12.8 Å². The maximum Gasteiger partial charge on any atom is 0.223 e. The molecule has 1 amide bonds. The maximum absolute atomic E-state index is 12.7. The minimum Gasteiger partial charge on any atom is -0.469 e. The van der Waals surface area contributed by atoms with Gasteiger partial charge in [0.25, 0.3) is 0 Å². The van der Waals surface area contributed by atoms with Gasteiger partial charge in [-0.2, -0.15) is 5.10 Å². The number of benzene rings is 1. The molecule has 1 atom stereocenters. The van der Waals surface area contributed by atoms with E-state index in [9.17, 15) is 4.79 Å². The maximum atomic E-state index is 12.7. The van der Waals surface area contributed by atoms with Crippen molar-refractivity contribution < 1.29 is 9.21 Å². The lowest BCUT2D eigenvalue weighted by Crippen LogP contribution is -2.46. The number of rotatable bonds is 9. The Kier molecular flexibility index (Phi) is 7.65. The molecule has 1 aromatic carbocycles. The van der Waals surface area contributed by atoms with Crippen molar-refractivity contribution in [3.8, 4) is 0 Å². The van der Waals surface area contributed by atoms with Crippen molar-refractivity contribution in [3.05, 3.63) is 77.5 Å². The van der Waals surface area contributed by atoms with Gasteiger partial charge in [0.1, 0.15) is 5.76 Å².